The van der Waals surface area contributed by atoms with Gasteiger partial charge in [0.25, 0.3) is 0 Å². The van der Waals surface area contributed by atoms with Crippen LogP contribution in [0.2, 0.25) is 0 Å². The molecule has 0 unspecified atom stereocenters. The molecule has 0 saturated heterocycles. The van der Waals surface area contributed by atoms with Crippen molar-refractivity contribution in [2.24, 2.45) is 10.4 Å². The average Bonchev–Trinajstić information content (AvgIpc) is 3.09. The fraction of sp³-hybridized carbons (Fsp3) is 0. The molecule has 1 radical (unpaired) electrons. The average molecular weight is 386 g/mol. The minimum atomic E-state index is -0.425. The van der Waals surface area contributed by atoms with Gasteiger partial charge in [-0.15, -0.1) is 9.81 Å². The summed E-state index contributed by atoms with van der Waals surface area (Å²) in [5.41, 5.74) is 1.23. The van der Waals surface area contributed by atoms with Crippen LogP contribution in [-0.2, 0) is 17.1 Å². The van der Waals surface area contributed by atoms with Gasteiger partial charge in [0.05, 0.1) is 0 Å². The van der Waals surface area contributed by atoms with Gasteiger partial charge in [0.1, 0.15) is 11.4 Å². The second kappa shape index (κ2) is 7.61. The van der Waals surface area contributed by atoms with Gasteiger partial charge >= 0.3 is 17.1 Å². The van der Waals surface area contributed by atoms with E-state index in [1.165, 1.54) is 0 Å². The number of aromatic amines is 2. The van der Waals surface area contributed by atoms with Crippen LogP contribution in [0.5, 0.6) is 11.8 Å². The first-order valence-corrected chi connectivity index (χ1v) is 6.88. The molecular weight excluding hydrogens is 376 g/mol. The summed E-state index contributed by atoms with van der Waals surface area (Å²) in [6.07, 6.45) is 0. The van der Waals surface area contributed by atoms with Gasteiger partial charge in [-0.3, -0.25) is 0 Å². The molecule has 0 saturated carbocycles. The first-order valence-electron chi connectivity index (χ1n) is 6.88. The maximum absolute atomic E-state index is 11.0. The van der Waals surface area contributed by atoms with E-state index in [0.717, 1.165) is 0 Å². The third-order valence-corrected chi connectivity index (χ3v) is 3.47. The number of benzene rings is 2. The molecule has 0 atom stereocenters. The molecule has 0 spiro atoms. The second-order valence-electron chi connectivity index (χ2n) is 4.88. The minimum absolute atomic E-state index is 0. The van der Waals surface area contributed by atoms with E-state index in [0.29, 0.717) is 21.8 Å². The number of rotatable bonds is 2. The smallest absolute Gasteiger partial charge is 0.859 e. The van der Waals surface area contributed by atoms with Crippen LogP contribution in [0.4, 0.5) is 11.4 Å². The second-order valence-corrected chi connectivity index (χ2v) is 4.88. The monoisotopic (exact) mass is 385 g/mol. The number of para-hydroxylation sites is 2. The van der Waals surface area contributed by atoms with Gasteiger partial charge < -0.3 is 20.2 Å². The van der Waals surface area contributed by atoms with Crippen LogP contribution in [0.25, 0.3) is 21.8 Å². The van der Waals surface area contributed by atoms with Crippen molar-refractivity contribution in [3.8, 4) is 11.8 Å². The molecule has 0 aliphatic rings. The van der Waals surface area contributed by atoms with Crippen LogP contribution >= 0.6 is 0 Å². The summed E-state index contributed by atoms with van der Waals surface area (Å²) in [7, 11) is 0. The zero-order valence-corrected chi connectivity index (χ0v) is 13.4. The van der Waals surface area contributed by atoms with E-state index in [4.69, 9.17) is 0 Å². The van der Waals surface area contributed by atoms with Crippen LogP contribution < -0.4 is 10.2 Å². The Balaban J connectivity index is 0.000000173. The maximum Gasteiger partial charge on any atom is 2.00 e. The number of aromatic nitrogens is 2. The van der Waals surface area contributed by atoms with E-state index in [2.05, 4.69) is 20.3 Å². The molecule has 8 nitrogen and oxygen atoms in total. The predicted octanol–water partition coefficient (Wildman–Crippen LogP) is 3.28. The zero-order chi connectivity index (χ0) is 17.1. The third-order valence-electron chi connectivity index (χ3n) is 3.47. The summed E-state index contributed by atoms with van der Waals surface area (Å²) in [6.45, 7) is 0. The van der Waals surface area contributed by atoms with Crippen molar-refractivity contribution in [2.75, 3.05) is 0 Å². The van der Waals surface area contributed by atoms with E-state index in [1.54, 1.807) is 48.5 Å². The fourth-order valence-corrected chi connectivity index (χ4v) is 2.39. The van der Waals surface area contributed by atoms with Gasteiger partial charge in [0, 0.05) is 21.8 Å². The van der Waals surface area contributed by atoms with Crippen LogP contribution in [-0.4, -0.2) is 9.97 Å². The number of nitrogens with one attached hydrogen (secondary N) is 2. The van der Waals surface area contributed by atoms with Crippen molar-refractivity contribution < 1.29 is 27.3 Å². The molecule has 0 bridgehead atoms. The summed E-state index contributed by atoms with van der Waals surface area (Å²) < 4.78 is 0. The largest absolute Gasteiger partial charge is 2.00 e. The van der Waals surface area contributed by atoms with E-state index >= 15 is 0 Å². The Hall–Kier alpha value is -3.16. The number of hydrogen-bond acceptors (Lipinski definition) is 6. The normalized spacial score (nSPS) is 9.92. The SMILES string of the molecule is O=Nc1c([O-])[nH]c2ccccc12.O=Nc1c([O-])[nH]c2ccccc12.[Cu+2]. The van der Waals surface area contributed by atoms with Crippen molar-refractivity contribution in [2.45, 2.75) is 0 Å². The summed E-state index contributed by atoms with van der Waals surface area (Å²) in [5.74, 6) is -0.850. The molecule has 4 aromatic rings. The molecule has 2 aromatic heterocycles. The maximum atomic E-state index is 11.0. The van der Waals surface area contributed by atoms with E-state index in [1.807, 2.05) is 0 Å². The number of fused-ring (bicyclic) bond motifs is 2. The van der Waals surface area contributed by atoms with Gasteiger partial charge in [-0.25, -0.2) is 0 Å². The molecule has 25 heavy (non-hydrogen) atoms. The molecule has 2 N–H and O–H groups in total. The van der Waals surface area contributed by atoms with Gasteiger partial charge in [0.2, 0.25) is 0 Å². The molecule has 0 amide bonds. The molecule has 4 rings (SSSR count). The van der Waals surface area contributed by atoms with E-state index in [-0.39, 0.29) is 28.4 Å². The standard InChI is InChI=1S/2C8H6N2O2.Cu/c2*11-8-7(10-12)5-3-1-2-4-6(5)9-8;/h2*1-4,9,11H;/q;;+2/p-2. The molecule has 129 valence electrons. The van der Waals surface area contributed by atoms with Crippen molar-refractivity contribution in [3.63, 3.8) is 0 Å². The Labute approximate surface area is 151 Å². The van der Waals surface area contributed by atoms with Gasteiger partial charge in [0.15, 0.2) is 0 Å². The molecule has 0 fully saturated rings. The predicted molar refractivity (Wildman–Crippen MR) is 86.4 cm³/mol. The molecule has 0 aliphatic heterocycles. The Morgan fingerprint density at radius 1 is 0.680 bits per heavy atom. The number of H-pyrrole nitrogens is 2. The number of hydrogen-bond donors (Lipinski definition) is 2. The quantitative estimate of drug-likeness (QED) is 0.404. The summed E-state index contributed by atoms with van der Waals surface area (Å²) in [6, 6.07) is 13.9. The summed E-state index contributed by atoms with van der Waals surface area (Å²) in [5, 5.41) is 28.5. The first kappa shape index (κ1) is 18.2. The summed E-state index contributed by atoms with van der Waals surface area (Å²) in [4.78, 5) is 25.5. The topological polar surface area (TPSA) is 137 Å². The molecular formula is C16H10CuN4O4. The van der Waals surface area contributed by atoms with Crippen LogP contribution in [0, 0.1) is 9.81 Å². The van der Waals surface area contributed by atoms with Crippen LogP contribution in [0.15, 0.2) is 58.9 Å². The van der Waals surface area contributed by atoms with E-state index < -0.39 is 11.8 Å². The Bertz CT molecular complexity index is 957. The fourth-order valence-electron chi connectivity index (χ4n) is 2.39. The Morgan fingerprint density at radius 3 is 1.40 bits per heavy atom. The van der Waals surface area contributed by atoms with Crippen LogP contribution in [0.1, 0.15) is 0 Å². The molecule has 2 heterocycles. The Kier molecular flexibility index (Phi) is 5.53. The Morgan fingerprint density at radius 2 is 1.04 bits per heavy atom. The zero-order valence-electron chi connectivity index (χ0n) is 12.4. The molecule has 2 aromatic carbocycles. The number of nitrogens with zero attached hydrogens (tertiary/aromatic N) is 2. The van der Waals surface area contributed by atoms with E-state index in [9.17, 15) is 20.0 Å². The third kappa shape index (κ3) is 3.37. The summed E-state index contributed by atoms with van der Waals surface area (Å²) >= 11 is 0. The number of nitroso groups, excluding NO2 is 2. The first-order chi connectivity index (χ1) is 11.7. The minimum Gasteiger partial charge on any atom is -0.859 e. The van der Waals surface area contributed by atoms with Gasteiger partial charge in [-0.1, -0.05) is 36.4 Å². The van der Waals surface area contributed by atoms with Crippen LogP contribution in [0.3, 0.4) is 0 Å². The molecule has 0 aliphatic carbocycles. The van der Waals surface area contributed by atoms with Crippen molar-refractivity contribution in [1.82, 2.24) is 9.97 Å². The van der Waals surface area contributed by atoms with Gasteiger partial charge in [-0.2, -0.15) is 0 Å². The van der Waals surface area contributed by atoms with Crippen molar-refractivity contribution in [1.29, 1.82) is 0 Å². The molecule has 9 heteroatoms. The van der Waals surface area contributed by atoms with Crippen molar-refractivity contribution in [3.05, 3.63) is 58.3 Å². The van der Waals surface area contributed by atoms with Gasteiger partial charge in [-0.05, 0) is 34.2 Å². The van der Waals surface area contributed by atoms with Crippen molar-refractivity contribution >= 4 is 33.2 Å².